The Bertz CT molecular complexity index is 772. The van der Waals surface area contributed by atoms with Gasteiger partial charge in [-0.2, -0.15) is 0 Å². The minimum atomic E-state index is 0.523. The number of rotatable bonds is 6. The molecule has 1 heterocycles. The van der Waals surface area contributed by atoms with Gasteiger partial charge in [0, 0.05) is 17.3 Å². The third-order valence-corrected chi connectivity index (χ3v) is 4.68. The number of allylic oxidation sites excluding steroid dienone is 1. The van der Waals surface area contributed by atoms with Crippen LogP contribution in [0.1, 0.15) is 37.7 Å². The Labute approximate surface area is 153 Å². The molecular weight excluding hydrogens is 334 g/mol. The Hall–Kier alpha value is -2.27. The van der Waals surface area contributed by atoms with Crippen LogP contribution < -0.4 is 16.4 Å². The van der Waals surface area contributed by atoms with Crippen molar-refractivity contribution in [2.24, 2.45) is 0 Å². The molecule has 0 fully saturated rings. The van der Waals surface area contributed by atoms with Crippen molar-refractivity contribution in [1.29, 1.82) is 0 Å². The van der Waals surface area contributed by atoms with Crippen molar-refractivity contribution in [2.45, 2.75) is 39.0 Å². The van der Waals surface area contributed by atoms with E-state index in [9.17, 15) is 0 Å². The van der Waals surface area contributed by atoms with E-state index in [0.717, 1.165) is 24.2 Å². The van der Waals surface area contributed by atoms with Crippen molar-refractivity contribution < 1.29 is 0 Å². The molecule has 3 rings (SSSR count). The van der Waals surface area contributed by atoms with E-state index in [0.29, 0.717) is 22.3 Å². The first-order chi connectivity index (χ1) is 12.1. The molecule has 25 heavy (non-hydrogen) atoms. The van der Waals surface area contributed by atoms with E-state index in [2.05, 4.69) is 26.7 Å². The average Bonchev–Trinajstić information content (AvgIpc) is 2.61. The summed E-state index contributed by atoms with van der Waals surface area (Å²) in [4.78, 5) is 8.54. The molecule has 6 heteroatoms. The van der Waals surface area contributed by atoms with Gasteiger partial charge in [-0.05, 0) is 62.8 Å². The molecule has 0 saturated heterocycles. The molecular formula is C19H24ClN5. The highest BCUT2D eigenvalue weighted by atomic mass is 35.5. The SMILES string of the molecule is Cc1cc(Cl)ccc1Nc1ncnc(NCCC2=CCCCC2)c1N. The number of aryl methyl sites for hydroxylation is 1. The average molecular weight is 358 g/mol. The third kappa shape index (κ3) is 4.63. The maximum atomic E-state index is 6.24. The van der Waals surface area contributed by atoms with Gasteiger partial charge in [-0.25, -0.2) is 9.97 Å². The maximum absolute atomic E-state index is 6.24. The lowest BCUT2D eigenvalue weighted by molar-refractivity contribution is 0.679. The largest absolute Gasteiger partial charge is 0.393 e. The molecule has 2 aromatic rings. The number of nitrogens with two attached hydrogens (primary N) is 1. The molecule has 1 aliphatic carbocycles. The quantitative estimate of drug-likeness (QED) is 0.629. The number of hydrogen-bond donors (Lipinski definition) is 3. The summed E-state index contributed by atoms with van der Waals surface area (Å²) in [5, 5.41) is 7.30. The lowest BCUT2D eigenvalue weighted by Gasteiger charge is -2.15. The van der Waals surface area contributed by atoms with Crippen LogP contribution in [0.25, 0.3) is 0 Å². The zero-order chi connectivity index (χ0) is 17.6. The fourth-order valence-corrected chi connectivity index (χ4v) is 3.23. The topological polar surface area (TPSA) is 75.9 Å². The van der Waals surface area contributed by atoms with Gasteiger partial charge in [0.05, 0.1) is 0 Å². The molecule has 0 spiro atoms. The Morgan fingerprint density at radius 3 is 2.80 bits per heavy atom. The van der Waals surface area contributed by atoms with E-state index in [4.69, 9.17) is 17.3 Å². The van der Waals surface area contributed by atoms with Crippen molar-refractivity contribution >= 4 is 34.6 Å². The highest BCUT2D eigenvalue weighted by molar-refractivity contribution is 6.30. The van der Waals surface area contributed by atoms with Crippen LogP contribution in [0.5, 0.6) is 0 Å². The van der Waals surface area contributed by atoms with E-state index in [1.807, 2.05) is 25.1 Å². The van der Waals surface area contributed by atoms with Gasteiger partial charge in [0.25, 0.3) is 0 Å². The summed E-state index contributed by atoms with van der Waals surface area (Å²) in [5.74, 6) is 1.26. The van der Waals surface area contributed by atoms with Crippen LogP contribution in [-0.2, 0) is 0 Å². The number of benzene rings is 1. The zero-order valence-electron chi connectivity index (χ0n) is 14.5. The molecule has 1 aliphatic rings. The van der Waals surface area contributed by atoms with Crippen molar-refractivity contribution in [1.82, 2.24) is 9.97 Å². The Morgan fingerprint density at radius 2 is 2.04 bits per heavy atom. The summed E-state index contributed by atoms with van der Waals surface area (Å²) < 4.78 is 0. The van der Waals surface area contributed by atoms with Crippen molar-refractivity contribution in [3.8, 4) is 0 Å². The molecule has 132 valence electrons. The summed E-state index contributed by atoms with van der Waals surface area (Å²) >= 11 is 6.01. The molecule has 0 bridgehead atoms. The molecule has 0 amide bonds. The number of nitrogens with one attached hydrogen (secondary N) is 2. The zero-order valence-corrected chi connectivity index (χ0v) is 15.2. The highest BCUT2D eigenvalue weighted by Crippen LogP contribution is 2.28. The van der Waals surface area contributed by atoms with Crippen molar-refractivity contribution in [3.63, 3.8) is 0 Å². The number of halogens is 1. The van der Waals surface area contributed by atoms with Crippen LogP contribution in [0.15, 0.2) is 36.2 Å². The second kappa shape index (κ2) is 8.21. The minimum Gasteiger partial charge on any atom is -0.393 e. The molecule has 1 aromatic carbocycles. The van der Waals surface area contributed by atoms with E-state index >= 15 is 0 Å². The second-order valence-corrected chi connectivity index (χ2v) is 6.79. The lowest BCUT2D eigenvalue weighted by Crippen LogP contribution is -2.10. The fraction of sp³-hybridized carbons (Fsp3) is 0.368. The number of nitrogens with zero attached hydrogens (tertiary/aromatic N) is 2. The summed E-state index contributed by atoms with van der Waals surface area (Å²) in [6, 6.07) is 5.66. The maximum Gasteiger partial charge on any atom is 0.159 e. The van der Waals surface area contributed by atoms with Gasteiger partial charge in [0.2, 0.25) is 0 Å². The van der Waals surface area contributed by atoms with E-state index < -0.39 is 0 Å². The molecule has 0 aliphatic heterocycles. The number of aromatic nitrogens is 2. The molecule has 5 nitrogen and oxygen atoms in total. The fourth-order valence-electron chi connectivity index (χ4n) is 3.00. The van der Waals surface area contributed by atoms with Gasteiger partial charge in [0.15, 0.2) is 11.6 Å². The van der Waals surface area contributed by atoms with Gasteiger partial charge >= 0.3 is 0 Å². The van der Waals surface area contributed by atoms with Crippen molar-refractivity contribution in [3.05, 3.63) is 46.8 Å². The first kappa shape index (κ1) is 17.5. The standard InChI is InChI=1S/C19H24ClN5/c1-13-11-15(20)7-8-16(13)25-19-17(21)18(23-12-24-19)22-10-9-14-5-3-2-4-6-14/h5,7-8,11-12H,2-4,6,9-10,21H2,1H3,(H2,22,23,24,25). The van der Waals surface area contributed by atoms with Gasteiger partial charge in [-0.3, -0.25) is 0 Å². The molecule has 1 aromatic heterocycles. The van der Waals surface area contributed by atoms with E-state index in [-0.39, 0.29) is 0 Å². The summed E-state index contributed by atoms with van der Waals surface area (Å²) in [6.45, 7) is 2.81. The first-order valence-corrected chi connectivity index (χ1v) is 9.06. The van der Waals surface area contributed by atoms with Gasteiger partial charge in [0.1, 0.15) is 12.0 Å². The van der Waals surface area contributed by atoms with Gasteiger partial charge in [-0.15, -0.1) is 0 Å². The smallest absolute Gasteiger partial charge is 0.159 e. The van der Waals surface area contributed by atoms with Crippen LogP contribution in [0, 0.1) is 6.92 Å². The van der Waals surface area contributed by atoms with Crippen LogP contribution in [0.3, 0.4) is 0 Å². The Balaban J connectivity index is 1.66. The molecule has 0 saturated carbocycles. The number of nitrogen functional groups attached to an aromatic ring is 1. The second-order valence-electron chi connectivity index (χ2n) is 6.35. The Kier molecular flexibility index (Phi) is 5.76. The molecule has 0 unspecified atom stereocenters. The van der Waals surface area contributed by atoms with E-state index in [1.54, 1.807) is 0 Å². The Morgan fingerprint density at radius 1 is 1.20 bits per heavy atom. The predicted molar refractivity (Wildman–Crippen MR) is 106 cm³/mol. The lowest BCUT2D eigenvalue weighted by atomic mass is 9.97. The van der Waals surface area contributed by atoms with Crippen LogP contribution in [0.4, 0.5) is 23.0 Å². The number of hydrogen-bond acceptors (Lipinski definition) is 5. The van der Waals surface area contributed by atoms with E-state index in [1.165, 1.54) is 37.6 Å². The highest BCUT2D eigenvalue weighted by Gasteiger charge is 2.10. The molecule has 0 atom stereocenters. The van der Waals surface area contributed by atoms with Gasteiger partial charge < -0.3 is 16.4 Å². The summed E-state index contributed by atoms with van der Waals surface area (Å²) in [6.07, 6.45) is 9.95. The van der Waals surface area contributed by atoms with Gasteiger partial charge in [-0.1, -0.05) is 23.3 Å². The van der Waals surface area contributed by atoms with Crippen LogP contribution >= 0.6 is 11.6 Å². The summed E-state index contributed by atoms with van der Waals surface area (Å²) in [7, 11) is 0. The first-order valence-electron chi connectivity index (χ1n) is 8.69. The number of anilines is 4. The molecule has 4 N–H and O–H groups in total. The third-order valence-electron chi connectivity index (χ3n) is 4.45. The van der Waals surface area contributed by atoms with Crippen LogP contribution in [0.2, 0.25) is 5.02 Å². The normalized spacial score (nSPS) is 14.1. The molecule has 0 radical (unpaired) electrons. The predicted octanol–water partition coefficient (Wildman–Crippen LogP) is 5.07. The summed E-state index contributed by atoms with van der Waals surface area (Å²) in [5.41, 5.74) is 10.2. The van der Waals surface area contributed by atoms with Crippen molar-refractivity contribution in [2.75, 3.05) is 22.9 Å². The monoisotopic (exact) mass is 357 g/mol. The van der Waals surface area contributed by atoms with Crippen LogP contribution in [-0.4, -0.2) is 16.5 Å². The minimum absolute atomic E-state index is 0.523.